The van der Waals surface area contributed by atoms with E-state index in [2.05, 4.69) is 16.0 Å². The number of carbonyl (C=O) groups is 1. The predicted molar refractivity (Wildman–Crippen MR) is 86.8 cm³/mol. The molecule has 1 atom stereocenters. The summed E-state index contributed by atoms with van der Waals surface area (Å²) in [5.74, 6) is 0.0957. The summed E-state index contributed by atoms with van der Waals surface area (Å²) in [6, 6.07) is 11.3. The number of amides is 1. The van der Waals surface area contributed by atoms with E-state index in [1.165, 1.54) is 6.33 Å². The van der Waals surface area contributed by atoms with Gasteiger partial charge in [-0.25, -0.2) is 9.97 Å². The van der Waals surface area contributed by atoms with Gasteiger partial charge >= 0.3 is 0 Å². The molecule has 1 amide bonds. The Kier molecular flexibility index (Phi) is 5.14. The van der Waals surface area contributed by atoms with Crippen LogP contribution in [0.3, 0.4) is 0 Å². The Morgan fingerprint density at radius 2 is 2.33 bits per heavy atom. The summed E-state index contributed by atoms with van der Waals surface area (Å²) in [7, 11) is 0. The second-order valence-corrected chi connectivity index (χ2v) is 5.64. The van der Waals surface area contributed by atoms with E-state index in [4.69, 9.17) is 10.00 Å². The molecule has 1 saturated heterocycles. The van der Waals surface area contributed by atoms with Gasteiger partial charge in [0.05, 0.1) is 24.8 Å². The lowest BCUT2D eigenvalue weighted by Gasteiger charge is -2.33. The molecule has 1 aliphatic rings. The van der Waals surface area contributed by atoms with Crippen LogP contribution in [0.15, 0.2) is 42.9 Å². The van der Waals surface area contributed by atoms with Crippen LogP contribution in [0.4, 0.5) is 0 Å². The molecule has 0 bridgehead atoms. The van der Waals surface area contributed by atoms with Crippen molar-refractivity contribution in [2.24, 2.45) is 0 Å². The van der Waals surface area contributed by atoms with Gasteiger partial charge in [0, 0.05) is 24.9 Å². The lowest BCUT2D eigenvalue weighted by Crippen LogP contribution is -2.42. The molecule has 0 N–H and O–H groups in total. The molecule has 1 aromatic heterocycles. The molecule has 0 spiro atoms. The molecule has 2 heterocycles. The molecule has 122 valence electrons. The maximum atomic E-state index is 12.4. The lowest BCUT2D eigenvalue weighted by atomic mass is 10.0. The number of morpholine rings is 1. The molecule has 1 fully saturated rings. The minimum absolute atomic E-state index is 0.0957. The summed E-state index contributed by atoms with van der Waals surface area (Å²) < 4.78 is 5.78. The number of ether oxygens (including phenoxy) is 1. The second kappa shape index (κ2) is 7.66. The first-order chi connectivity index (χ1) is 11.8. The summed E-state index contributed by atoms with van der Waals surface area (Å²) in [5, 5.41) is 9.01. The predicted octanol–water partition coefficient (Wildman–Crippen LogP) is 1.88. The Labute approximate surface area is 140 Å². The first kappa shape index (κ1) is 16.1. The summed E-state index contributed by atoms with van der Waals surface area (Å²) in [6.07, 6.45) is 4.01. The number of aryl methyl sites for hydroxylation is 1. The van der Waals surface area contributed by atoms with Crippen molar-refractivity contribution in [3.8, 4) is 6.07 Å². The van der Waals surface area contributed by atoms with Gasteiger partial charge in [0.25, 0.3) is 0 Å². The van der Waals surface area contributed by atoms with Gasteiger partial charge < -0.3 is 9.64 Å². The lowest BCUT2D eigenvalue weighted by molar-refractivity contribution is -0.139. The molecule has 0 radical (unpaired) electrons. The Hall–Kier alpha value is -2.78. The molecule has 24 heavy (non-hydrogen) atoms. The first-order valence-corrected chi connectivity index (χ1v) is 7.90. The molecular weight excluding hydrogens is 304 g/mol. The highest BCUT2D eigenvalue weighted by Gasteiger charge is 2.25. The van der Waals surface area contributed by atoms with Crippen molar-refractivity contribution >= 4 is 5.91 Å². The molecule has 1 aromatic carbocycles. The standard InChI is InChI=1S/C18H18N4O2/c19-11-14-2-1-3-15(10-14)17-12-22(8-9-24-17)18(23)5-4-16-6-7-20-13-21-16/h1-3,6-7,10,13,17H,4-5,8-9,12H2/t17-/m1/s1. The van der Waals surface area contributed by atoms with Crippen molar-refractivity contribution in [2.75, 3.05) is 19.7 Å². The third-order valence-electron chi connectivity index (χ3n) is 4.04. The molecule has 0 unspecified atom stereocenters. The number of aromatic nitrogens is 2. The highest BCUT2D eigenvalue weighted by molar-refractivity contribution is 5.76. The highest BCUT2D eigenvalue weighted by atomic mass is 16.5. The van der Waals surface area contributed by atoms with Gasteiger partial charge in [-0.2, -0.15) is 5.26 Å². The van der Waals surface area contributed by atoms with E-state index >= 15 is 0 Å². The SMILES string of the molecule is N#Cc1cccc([C@H]2CN(C(=O)CCc3ccncn3)CCO2)c1. The monoisotopic (exact) mass is 322 g/mol. The van der Waals surface area contributed by atoms with Crippen LogP contribution in [0.2, 0.25) is 0 Å². The normalized spacial score (nSPS) is 17.3. The van der Waals surface area contributed by atoms with Crippen LogP contribution in [0.1, 0.15) is 29.3 Å². The first-order valence-electron chi connectivity index (χ1n) is 7.90. The van der Waals surface area contributed by atoms with Gasteiger partial charge in [-0.15, -0.1) is 0 Å². The van der Waals surface area contributed by atoms with E-state index in [1.54, 1.807) is 12.3 Å². The van der Waals surface area contributed by atoms with E-state index in [0.717, 1.165) is 11.3 Å². The summed E-state index contributed by atoms with van der Waals surface area (Å²) in [4.78, 5) is 22.3. The fourth-order valence-corrected chi connectivity index (χ4v) is 2.75. The number of nitrogens with zero attached hydrogens (tertiary/aromatic N) is 4. The quantitative estimate of drug-likeness (QED) is 0.859. The maximum absolute atomic E-state index is 12.4. The maximum Gasteiger partial charge on any atom is 0.223 e. The Morgan fingerprint density at radius 3 is 3.12 bits per heavy atom. The van der Waals surface area contributed by atoms with E-state index in [-0.39, 0.29) is 12.0 Å². The number of nitriles is 1. The molecule has 0 aliphatic carbocycles. The average Bonchev–Trinajstić information content (AvgIpc) is 2.67. The molecule has 3 rings (SSSR count). The molecule has 6 nitrogen and oxygen atoms in total. The van der Waals surface area contributed by atoms with Crippen molar-refractivity contribution < 1.29 is 9.53 Å². The van der Waals surface area contributed by atoms with Gasteiger partial charge in [0.2, 0.25) is 5.91 Å². The van der Waals surface area contributed by atoms with Crippen LogP contribution in [0.5, 0.6) is 0 Å². The van der Waals surface area contributed by atoms with Crippen LogP contribution < -0.4 is 0 Å². The van der Waals surface area contributed by atoms with Gasteiger partial charge in [-0.1, -0.05) is 12.1 Å². The summed E-state index contributed by atoms with van der Waals surface area (Å²) in [5.41, 5.74) is 2.40. The number of rotatable bonds is 4. The smallest absolute Gasteiger partial charge is 0.223 e. The summed E-state index contributed by atoms with van der Waals surface area (Å²) in [6.45, 7) is 1.61. The van der Waals surface area contributed by atoms with Crippen LogP contribution in [-0.4, -0.2) is 40.5 Å². The average molecular weight is 322 g/mol. The van der Waals surface area contributed by atoms with Crippen molar-refractivity contribution in [1.82, 2.24) is 14.9 Å². The van der Waals surface area contributed by atoms with Crippen LogP contribution in [-0.2, 0) is 16.0 Å². The van der Waals surface area contributed by atoms with Crippen molar-refractivity contribution in [3.63, 3.8) is 0 Å². The Morgan fingerprint density at radius 1 is 1.42 bits per heavy atom. The molecule has 1 aliphatic heterocycles. The van der Waals surface area contributed by atoms with E-state index in [9.17, 15) is 4.79 Å². The van der Waals surface area contributed by atoms with Crippen LogP contribution >= 0.6 is 0 Å². The van der Waals surface area contributed by atoms with Crippen LogP contribution in [0, 0.1) is 11.3 Å². The number of hydrogen-bond acceptors (Lipinski definition) is 5. The number of hydrogen-bond donors (Lipinski definition) is 0. The largest absolute Gasteiger partial charge is 0.370 e. The minimum atomic E-state index is -0.185. The third-order valence-corrected chi connectivity index (χ3v) is 4.04. The number of benzene rings is 1. The molecule has 6 heteroatoms. The van der Waals surface area contributed by atoms with Gasteiger partial charge in [0.15, 0.2) is 0 Å². The van der Waals surface area contributed by atoms with E-state index in [0.29, 0.717) is 38.1 Å². The fourth-order valence-electron chi connectivity index (χ4n) is 2.75. The minimum Gasteiger partial charge on any atom is -0.370 e. The zero-order valence-electron chi connectivity index (χ0n) is 13.3. The number of carbonyl (C=O) groups excluding carboxylic acids is 1. The molecule has 2 aromatic rings. The van der Waals surface area contributed by atoms with Gasteiger partial charge in [-0.05, 0) is 30.2 Å². The third kappa shape index (κ3) is 3.94. The van der Waals surface area contributed by atoms with Crippen LogP contribution in [0.25, 0.3) is 0 Å². The molecule has 0 saturated carbocycles. The van der Waals surface area contributed by atoms with E-state index < -0.39 is 0 Å². The zero-order valence-corrected chi connectivity index (χ0v) is 13.3. The Bertz CT molecular complexity index is 742. The Balaban J connectivity index is 1.60. The fraction of sp³-hybridized carbons (Fsp3) is 0.333. The van der Waals surface area contributed by atoms with Gasteiger partial charge in [-0.3, -0.25) is 4.79 Å². The van der Waals surface area contributed by atoms with Crippen molar-refractivity contribution in [1.29, 1.82) is 5.26 Å². The zero-order chi connectivity index (χ0) is 16.8. The molecular formula is C18H18N4O2. The topological polar surface area (TPSA) is 79.1 Å². The van der Waals surface area contributed by atoms with E-state index in [1.807, 2.05) is 29.2 Å². The highest BCUT2D eigenvalue weighted by Crippen LogP contribution is 2.23. The second-order valence-electron chi connectivity index (χ2n) is 5.64. The summed E-state index contributed by atoms with van der Waals surface area (Å²) >= 11 is 0. The van der Waals surface area contributed by atoms with Crippen molar-refractivity contribution in [2.45, 2.75) is 18.9 Å². The van der Waals surface area contributed by atoms with Gasteiger partial charge in [0.1, 0.15) is 12.4 Å². The van der Waals surface area contributed by atoms with Crippen molar-refractivity contribution in [3.05, 3.63) is 59.7 Å².